The van der Waals surface area contributed by atoms with E-state index in [1.54, 1.807) is 0 Å². The van der Waals surface area contributed by atoms with Crippen LogP contribution >= 0.6 is 0 Å². The van der Waals surface area contributed by atoms with E-state index in [4.69, 9.17) is 0 Å². The topological polar surface area (TPSA) is 24.0 Å². The number of rotatable bonds is 4. The van der Waals surface area contributed by atoms with E-state index in [9.17, 15) is 0 Å². The van der Waals surface area contributed by atoms with Gasteiger partial charge < -0.3 is 14.5 Å². The Morgan fingerprint density at radius 1 is 1.12 bits per heavy atom. The van der Waals surface area contributed by atoms with Crippen LogP contribution in [0.15, 0.2) is 36.5 Å². The number of aromatic nitrogens is 2. The molecule has 1 unspecified atom stereocenters. The van der Waals surface area contributed by atoms with Gasteiger partial charge in [0.2, 0.25) is 0 Å². The van der Waals surface area contributed by atoms with Crippen molar-refractivity contribution in [3.05, 3.63) is 53.5 Å². The monoisotopic (exact) mass is 321 g/mol. The van der Waals surface area contributed by atoms with Crippen molar-refractivity contribution < 1.29 is 0 Å². The van der Waals surface area contributed by atoms with E-state index in [0.29, 0.717) is 0 Å². The fraction of sp³-hybridized carbons (Fsp3) is 0.429. The molecule has 0 bridgehead atoms. The summed E-state index contributed by atoms with van der Waals surface area (Å²) >= 11 is 0. The van der Waals surface area contributed by atoms with Crippen LogP contribution in [0.3, 0.4) is 0 Å². The number of benzene rings is 1. The van der Waals surface area contributed by atoms with Gasteiger partial charge in [-0.2, -0.15) is 0 Å². The predicted octanol–water partition coefficient (Wildman–Crippen LogP) is 4.60. The molecule has 1 atom stereocenters. The third kappa shape index (κ3) is 2.67. The number of likely N-dealkylation sites (tertiary alicyclic amines) is 1. The largest absolute Gasteiger partial charge is 0.361 e. The second-order valence-corrected chi connectivity index (χ2v) is 7.31. The quantitative estimate of drug-likeness (QED) is 0.746. The highest BCUT2D eigenvalue weighted by molar-refractivity contribution is 5.85. The van der Waals surface area contributed by atoms with E-state index in [1.165, 1.54) is 59.3 Å². The molecule has 2 aromatic heterocycles. The van der Waals surface area contributed by atoms with Crippen LogP contribution in [0.4, 0.5) is 0 Å². The molecule has 24 heavy (non-hydrogen) atoms. The zero-order valence-corrected chi connectivity index (χ0v) is 15.0. The Morgan fingerprint density at radius 2 is 1.92 bits per heavy atom. The molecule has 0 saturated carbocycles. The average Bonchev–Trinajstić information content (AvgIpc) is 3.25. The first-order valence-corrected chi connectivity index (χ1v) is 9.09. The molecular formula is C21H27N3. The lowest BCUT2D eigenvalue weighted by Gasteiger charge is -2.18. The van der Waals surface area contributed by atoms with Gasteiger partial charge in [-0.25, -0.2) is 0 Å². The maximum absolute atomic E-state index is 3.45. The highest BCUT2D eigenvalue weighted by Crippen LogP contribution is 2.27. The number of hydrogen-bond acceptors (Lipinski definition) is 1. The zero-order valence-electron chi connectivity index (χ0n) is 15.0. The second kappa shape index (κ2) is 6.14. The van der Waals surface area contributed by atoms with Crippen LogP contribution < -0.4 is 0 Å². The van der Waals surface area contributed by atoms with Crippen molar-refractivity contribution in [2.24, 2.45) is 0 Å². The molecule has 0 amide bonds. The Hall–Kier alpha value is -2.00. The van der Waals surface area contributed by atoms with Crippen LogP contribution in [-0.2, 0) is 6.42 Å². The molecule has 1 aliphatic rings. The lowest BCUT2D eigenvalue weighted by molar-refractivity contribution is 0.297. The highest BCUT2D eigenvalue weighted by atomic mass is 15.1. The number of H-pyrrole nitrogens is 1. The maximum Gasteiger partial charge on any atom is 0.0462 e. The van der Waals surface area contributed by atoms with Gasteiger partial charge in [0, 0.05) is 40.2 Å². The van der Waals surface area contributed by atoms with Crippen LogP contribution in [0.5, 0.6) is 0 Å². The summed E-state index contributed by atoms with van der Waals surface area (Å²) in [5.41, 5.74) is 6.54. The van der Waals surface area contributed by atoms with Crippen molar-refractivity contribution in [1.82, 2.24) is 14.5 Å². The van der Waals surface area contributed by atoms with Crippen LogP contribution in [0.25, 0.3) is 16.6 Å². The average molecular weight is 321 g/mol. The Labute approximate surface area is 144 Å². The van der Waals surface area contributed by atoms with Gasteiger partial charge in [-0.1, -0.05) is 0 Å². The molecule has 1 aliphatic heterocycles. The Morgan fingerprint density at radius 3 is 2.62 bits per heavy atom. The van der Waals surface area contributed by atoms with Gasteiger partial charge in [0.25, 0.3) is 0 Å². The standard InChI is InChI=1S/C21H27N3/c1-15-6-7-16(2)24(15)19-10-11-21-20(13-19)17(14-22-21)8-9-18-5-4-12-23(18)3/h6-7,10-11,13-14,18,22H,4-5,8-9,12H2,1-3H3. The number of fused-ring (bicyclic) bond motifs is 1. The van der Waals surface area contributed by atoms with Crippen LogP contribution in [0.2, 0.25) is 0 Å². The molecule has 1 aromatic carbocycles. The van der Waals surface area contributed by atoms with Gasteiger partial charge in [-0.15, -0.1) is 0 Å². The minimum absolute atomic E-state index is 0.757. The first-order chi connectivity index (χ1) is 11.6. The van der Waals surface area contributed by atoms with Crippen LogP contribution in [0, 0.1) is 13.8 Å². The first kappa shape index (κ1) is 15.5. The van der Waals surface area contributed by atoms with E-state index < -0.39 is 0 Å². The summed E-state index contributed by atoms with van der Waals surface area (Å²) in [5.74, 6) is 0. The van der Waals surface area contributed by atoms with Crippen molar-refractivity contribution in [1.29, 1.82) is 0 Å². The second-order valence-electron chi connectivity index (χ2n) is 7.31. The smallest absolute Gasteiger partial charge is 0.0462 e. The molecule has 1 saturated heterocycles. The zero-order chi connectivity index (χ0) is 16.7. The Bertz CT molecular complexity index is 836. The molecule has 4 rings (SSSR count). The van der Waals surface area contributed by atoms with E-state index in [0.717, 1.165) is 12.5 Å². The molecule has 1 N–H and O–H groups in total. The SMILES string of the molecule is Cc1ccc(C)n1-c1ccc2[nH]cc(CCC3CCCN3C)c2c1. The number of nitrogens with one attached hydrogen (secondary N) is 1. The van der Waals surface area contributed by atoms with Gasteiger partial charge >= 0.3 is 0 Å². The molecule has 3 heteroatoms. The molecule has 0 spiro atoms. The number of hydrogen-bond donors (Lipinski definition) is 1. The summed E-state index contributed by atoms with van der Waals surface area (Å²) in [7, 11) is 2.27. The first-order valence-electron chi connectivity index (χ1n) is 9.09. The lowest BCUT2D eigenvalue weighted by atomic mass is 10.0. The summed E-state index contributed by atoms with van der Waals surface area (Å²) < 4.78 is 2.33. The van der Waals surface area contributed by atoms with Gasteiger partial charge in [0.15, 0.2) is 0 Å². The van der Waals surface area contributed by atoms with E-state index >= 15 is 0 Å². The Kier molecular flexibility index (Phi) is 3.97. The third-order valence-electron chi connectivity index (χ3n) is 5.70. The fourth-order valence-electron chi connectivity index (χ4n) is 4.25. The van der Waals surface area contributed by atoms with Gasteiger partial charge in [0.1, 0.15) is 0 Å². The molecule has 0 radical (unpaired) electrons. The van der Waals surface area contributed by atoms with Crippen molar-refractivity contribution in [2.75, 3.05) is 13.6 Å². The van der Waals surface area contributed by atoms with Crippen molar-refractivity contribution in [2.45, 2.75) is 45.6 Å². The predicted molar refractivity (Wildman–Crippen MR) is 101 cm³/mol. The lowest BCUT2D eigenvalue weighted by Crippen LogP contribution is -2.25. The van der Waals surface area contributed by atoms with E-state index in [1.807, 2.05) is 0 Å². The van der Waals surface area contributed by atoms with E-state index in [2.05, 4.69) is 71.9 Å². The van der Waals surface area contributed by atoms with Gasteiger partial charge in [0.05, 0.1) is 0 Å². The third-order valence-corrected chi connectivity index (χ3v) is 5.70. The normalized spacial score (nSPS) is 18.7. The molecule has 1 fully saturated rings. The number of nitrogens with zero attached hydrogens (tertiary/aromatic N) is 2. The maximum atomic E-state index is 3.45. The number of aryl methyl sites for hydroxylation is 3. The molecule has 3 aromatic rings. The Balaban J connectivity index is 1.64. The van der Waals surface area contributed by atoms with Crippen molar-refractivity contribution >= 4 is 10.9 Å². The van der Waals surface area contributed by atoms with Crippen LogP contribution in [-0.4, -0.2) is 34.1 Å². The molecular weight excluding hydrogens is 294 g/mol. The summed E-state index contributed by atoms with van der Waals surface area (Å²) in [6.45, 7) is 5.60. The van der Waals surface area contributed by atoms with Crippen molar-refractivity contribution in [3.8, 4) is 5.69 Å². The summed E-state index contributed by atoms with van der Waals surface area (Å²) in [5, 5.41) is 1.38. The molecule has 3 heterocycles. The molecule has 0 aliphatic carbocycles. The summed E-state index contributed by atoms with van der Waals surface area (Å²) in [6, 6.07) is 11.9. The highest BCUT2D eigenvalue weighted by Gasteiger charge is 2.20. The summed E-state index contributed by atoms with van der Waals surface area (Å²) in [4.78, 5) is 5.97. The van der Waals surface area contributed by atoms with Gasteiger partial charge in [-0.3, -0.25) is 0 Å². The van der Waals surface area contributed by atoms with E-state index in [-0.39, 0.29) is 0 Å². The molecule has 126 valence electrons. The molecule has 3 nitrogen and oxygen atoms in total. The van der Waals surface area contributed by atoms with Crippen molar-refractivity contribution in [3.63, 3.8) is 0 Å². The van der Waals surface area contributed by atoms with Crippen LogP contribution in [0.1, 0.15) is 36.2 Å². The summed E-state index contributed by atoms with van der Waals surface area (Å²) in [6.07, 6.45) is 7.33. The number of aromatic amines is 1. The fourth-order valence-corrected chi connectivity index (χ4v) is 4.25. The minimum atomic E-state index is 0.757. The minimum Gasteiger partial charge on any atom is -0.361 e. The van der Waals surface area contributed by atoms with Gasteiger partial charge in [-0.05, 0) is 89.0 Å².